The van der Waals surface area contributed by atoms with Gasteiger partial charge in [-0.15, -0.1) is 0 Å². The number of hydrogen-bond donors (Lipinski definition) is 2. The minimum absolute atomic E-state index is 0.214. The van der Waals surface area contributed by atoms with E-state index >= 15 is 0 Å². The van der Waals surface area contributed by atoms with Gasteiger partial charge in [0.05, 0.1) is 12.6 Å². The molecular formula is C11H17N3O. The SMILES string of the molecule is CNc1cccc(N2CCCC2CO)n1. The van der Waals surface area contributed by atoms with Crippen LogP contribution in [0.5, 0.6) is 0 Å². The molecule has 2 rings (SSSR count). The van der Waals surface area contributed by atoms with Gasteiger partial charge in [-0.25, -0.2) is 4.98 Å². The van der Waals surface area contributed by atoms with Crippen LogP contribution in [0.2, 0.25) is 0 Å². The summed E-state index contributed by atoms with van der Waals surface area (Å²) in [4.78, 5) is 6.66. The van der Waals surface area contributed by atoms with Crippen LogP contribution in [-0.2, 0) is 0 Å². The van der Waals surface area contributed by atoms with Gasteiger partial charge in [0.15, 0.2) is 0 Å². The molecule has 0 spiro atoms. The molecule has 15 heavy (non-hydrogen) atoms. The maximum absolute atomic E-state index is 9.24. The number of aliphatic hydroxyl groups is 1. The molecule has 0 saturated carbocycles. The summed E-state index contributed by atoms with van der Waals surface area (Å²) >= 11 is 0. The van der Waals surface area contributed by atoms with Gasteiger partial charge in [-0.2, -0.15) is 0 Å². The second kappa shape index (κ2) is 4.49. The minimum atomic E-state index is 0.214. The lowest BCUT2D eigenvalue weighted by molar-refractivity contribution is 0.266. The van der Waals surface area contributed by atoms with Crippen molar-refractivity contribution in [2.45, 2.75) is 18.9 Å². The van der Waals surface area contributed by atoms with Crippen molar-refractivity contribution in [2.75, 3.05) is 30.4 Å². The molecule has 0 amide bonds. The average Bonchev–Trinajstić information content (AvgIpc) is 2.77. The number of pyridine rings is 1. The fraction of sp³-hybridized carbons (Fsp3) is 0.545. The zero-order valence-corrected chi connectivity index (χ0v) is 8.98. The van der Waals surface area contributed by atoms with Gasteiger partial charge in [-0.3, -0.25) is 0 Å². The normalized spacial score (nSPS) is 20.7. The van der Waals surface area contributed by atoms with Gasteiger partial charge in [0.2, 0.25) is 0 Å². The quantitative estimate of drug-likeness (QED) is 0.778. The van der Waals surface area contributed by atoms with Gasteiger partial charge in [-0.05, 0) is 25.0 Å². The first-order valence-corrected chi connectivity index (χ1v) is 5.37. The second-order valence-corrected chi connectivity index (χ2v) is 3.80. The Morgan fingerprint density at radius 2 is 2.47 bits per heavy atom. The van der Waals surface area contributed by atoms with Gasteiger partial charge < -0.3 is 15.3 Å². The monoisotopic (exact) mass is 207 g/mol. The molecule has 1 fully saturated rings. The van der Waals surface area contributed by atoms with Gasteiger partial charge in [-0.1, -0.05) is 6.07 Å². The predicted octanol–water partition coefficient (Wildman–Crippen LogP) is 1.08. The summed E-state index contributed by atoms with van der Waals surface area (Å²) < 4.78 is 0. The maximum Gasteiger partial charge on any atom is 0.131 e. The number of anilines is 2. The number of rotatable bonds is 3. The van der Waals surface area contributed by atoms with E-state index in [2.05, 4.69) is 15.2 Å². The molecule has 0 bridgehead atoms. The highest BCUT2D eigenvalue weighted by Gasteiger charge is 2.24. The largest absolute Gasteiger partial charge is 0.394 e. The molecule has 1 saturated heterocycles. The molecule has 0 aromatic carbocycles. The highest BCUT2D eigenvalue weighted by atomic mass is 16.3. The Kier molecular flexibility index (Phi) is 3.06. The van der Waals surface area contributed by atoms with E-state index in [0.717, 1.165) is 31.0 Å². The fourth-order valence-electron chi connectivity index (χ4n) is 2.05. The summed E-state index contributed by atoms with van der Waals surface area (Å²) in [5.74, 6) is 1.83. The van der Waals surface area contributed by atoms with Gasteiger partial charge in [0.1, 0.15) is 11.6 Å². The predicted molar refractivity (Wildman–Crippen MR) is 61.2 cm³/mol. The molecule has 4 nitrogen and oxygen atoms in total. The van der Waals surface area contributed by atoms with E-state index in [4.69, 9.17) is 0 Å². The lowest BCUT2D eigenvalue weighted by atomic mass is 10.2. The highest BCUT2D eigenvalue weighted by molar-refractivity contribution is 5.48. The first-order chi connectivity index (χ1) is 7.35. The van der Waals surface area contributed by atoms with Crippen molar-refractivity contribution in [3.63, 3.8) is 0 Å². The van der Waals surface area contributed by atoms with Crippen molar-refractivity contribution in [3.8, 4) is 0 Å². The molecule has 1 atom stereocenters. The maximum atomic E-state index is 9.24. The molecule has 0 radical (unpaired) electrons. The lowest BCUT2D eigenvalue weighted by Gasteiger charge is -2.24. The van der Waals surface area contributed by atoms with Crippen molar-refractivity contribution in [2.24, 2.45) is 0 Å². The van der Waals surface area contributed by atoms with E-state index in [1.54, 1.807) is 0 Å². The third kappa shape index (κ3) is 2.04. The van der Waals surface area contributed by atoms with E-state index < -0.39 is 0 Å². The van der Waals surface area contributed by atoms with Crippen molar-refractivity contribution < 1.29 is 5.11 Å². The van der Waals surface area contributed by atoms with Crippen LogP contribution in [0, 0.1) is 0 Å². The Morgan fingerprint density at radius 1 is 1.60 bits per heavy atom. The topological polar surface area (TPSA) is 48.4 Å². The Bertz CT molecular complexity index is 329. The van der Waals surface area contributed by atoms with E-state index in [1.807, 2.05) is 25.2 Å². The van der Waals surface area contributed by atoms with Crippen LogP contribution in [-0.4, -0.2) is 36.3 Å². The van der Waals surface area contributed by atoms with Crippen LogP contribution in [0.25, 0.3) is 0 Å². The van der Waals surface area contributed by atoms with Crippen molar-refractivity contribution in [3.05, 3.63) is 18.2 Å². The Balaban J connectivity index is 2.20. The van der Waals surface area contributed by atoms with Crippen LogP contribution >= 0.6 is 0 Å². The summed E-state index contributed by atoms with van der Waals surface area (Å²) in [6, 6.07) is 6.16. The summed E-state index contributed by atoms with van der Waals surface area (Å²) in [5, 5.41) is 12.3. The molecule has 1 aliphatic rings. The molecular weight excluding hydrogens is 190 g/mol. The number of hydrogen-bond acceptors (Lipinski definition) is 4. The first-order valence-electron chi connectivity index (χ1n) is 5.37. The van der Waals surface area contributed by atoms with E-state index in [1.165, 1.54) is 0 Å². The molecule has 0 aliphatic carbocycles. The van der Waals surface area contributed by atoms with Crippen molar-refractivity contribution in [1.82, 2.24) is 4.98 Å². The minimum Gasteiger partial charge on any atom is -0.394 e. The molecule has 2 heterocycles. The molecule has 2 N–H and O–H groups in total. The van der Waals surface area contributed by atoms with E-state index in [-0.39, 0.29) is 12.6 Å². The van der Waals surface area contributed by atoms with Crippen LogP contribution in [0.15, 0.2) is 18.2 Å². The van der Waals surface area contributed by atoms with Gasteiger partial charge in [0, 0.05) is 13.6 Å². The number of nitrogens with one attached hydrogen (secondary N) is 1. The Morgan fingerprint density at radius 3 is 3.20 bits per heavy atom. The molecule has 1 aromatic heterocycles. The Labute approximate surface area is 89.9 Å². The van der Waals surface area contributed by atoms with Gasteiger partial charge in [0.25, 0.3) is 0 Å². The third-order valence-corrected chi connectivity index (χ3v) is 2.87. The highest BCUT2D eigenvalue weighted by Crippen LogP contribution is 2.24. The second-order valence-electron chi connectivity index (χ2n) is 3.80. The number of nitrogens with zero attached hydrogens (tertiary/aromatic N) is 2. The zero-order chi connectivity index (χ0) is 10.7. The third-order valence-electron chi connectivity index (χ3n) is 2.87. The molecule has 82 valence electrons. The van der Waals surface area contributed by atoms with Crippen LogP contribution < -0.4 is 10.2 Å². The fourth-order valence-corrected chi connectivity index (χ4v) is 2.05. The Hall–Kier alpha value is -1.29. The summed E-state index contributed by atoms with van der Waals surface area (Å²) in [7, 11) is 1.86. The van der Waals surface area contributed by atoms with E-state index in [0.29, 0.717) is 0 Å². The molecule has 4 heteroatoms. The molecule has 1 unspecified atom stereocenters. The molecule has 1 aliphatic heterocycles. The molecule has 1 aromatic rings. The smallest absolute Gasteiger partial charge is 0.131 e. The lowest BCUT2D eigenvalue weighted by Crippen LogP contribution is -2.32. The summed E-state index contributed by atoms with van der Waals surface area (Å²) in [6.45, 7) is 1.21. The first kappa shape index (κ1) is 10.2. The van der Waals surface area contributed by atoms with Gasteiger partial charge >= 0.3 is 0 Å². The average molecular weight is 207 g/mol. The standard InChI is InChI=1S/C11H17N3O/c1-12-10-5-2-6-11(13-10)14-7-3-4-9(14)8-15/h2,5-6,9,15H,3-4,7-8H2,1H3,(H,12,13). The van der Waals surface area contributed by atoms with Crippen LogP contribution in [0.1, 0.15) is 12.8 Å². The van der Waals surface area contributed by atoms with Crippen LogP contribution in [0.4, 0.5) is 11.6 Å². The summed E-state index contributed by atoms with van der Waals surface area (Å²) in [5.41, 5.74) is 0. The van der Waals surface area contributed by atoms with Crippen molar-refractivity contribution in [1.29, 1.82) is 0 Å². The number of aliphatic hydroxyl groups excluding tert-OH is 1. The van der Waals surface area contributed by atoms with Crippen molar-refractivity contribution >= 4 is 11.6 Å². The van der Waals surface area contributed by atoms with Crippen LogP contribution in [0.3, 0.4) is 0 Å². The van der Waals surface area contributed by atoms with E-state index in [9.17, 15) is 5.11 Å². The number of aromatic nitrogens is 1. The summed E-state index contributed by atoms with van der Waals surface area (Å²) in [6.07, 6.45) is 2.19. The zero-order valence-electron chi connectivity index (χ0n) is 8.98.